The summed E-state index contributed by atoms with van der Waals surface area (Å²) in [5.41, 5.74) is 2.56. The van der Waals surface area contributed by atoms with Gasteiger partial charge in [0, 0.05) is 18.0 Å². The molecule has 1 aromatic heterocycles. The summed E-state index contributed by atoms with van der Waals surface area (Å²) in [4.78, 5) is 17.8. The van der Waals surface area contributed by atoms with Crippen molar-refractivity contribution in [2.24, 2.45) is 0 Å². The van der Waals surface area contributed by atoms with E-state index in [4.69, 9.17) is 0 Å². The monoisotopic (exact) mass is 359 g/mol. The van der Waals surface area contributed by atoms with Crippen LogP contribution in [-0.4, -0.2) is 43.0 Å². The van der Waals surface area contributed by atoms with Gasteiger partial charge in [0.15, 0.2) is 0 Å². The molecule has 0 spiro atoms. The number of thiophene rings is 1. The lowest BCUT2D eigenvalue weighted by Crippen LogP contribution is -2.42. The predicted octanol–water partition coefficient (Wildman–Crippen LogP) is 4.14. The van der Waals surface area contributed by atoms with E-state index in [1.807, 2.05) is 37.4 Å². The molecule has 136 valence electrons. The SMILES string of the molecule is CCc1ccc(C(CNC(=O)N(CC)Cc2cccs2)N(C)C)cc1. The summed E-state index contributed by atoms with van der Waals surface area (Å²) < 4.78 is 0. The Balaban J connectivity index is 1.97. The molecule has 0 aliphatic carbocycles. The molecule has 1 unspecified atom stereocenters. The number of carbonyl (C=O) groups is 1. The van der Waals surface area contributed by atoms with Gasteiger partial charge in [-0.2, -0.15) is 0 Å². The number of benzene rings is 1. The molecule has 0 bridgehead atoms. The van der Waals surface area contributed by atoms with Crippen LogP contribution in [0, 0.1) is 0 Å². The maximum atomic E-state index is 12.6. The zero-order chi connectivity index (χ0) is 18.2. The first-order valence-electron chi connectivity index (χ1n) is 8.85. The number of carbonyl (C=O) groups excluding carboxylic acids is 1. The molecular weight excluding hydrogens is 330 g/mol. The average molecular weight is 360 g/mol. The Kier molecular flexibility index (Phi) is 7.47. The van der Waals surface area contributed by atoms with E-state index in [1.54, 1.807) is 11.3 Å². The summed E-state index contributed by atoms with van der Waals surface area (Å²) in [5, 5.41) is 5.15. The molecule has 0 aliphatic rings. The minimum Gasteiger partial charge on any atom is -0.336 e. The molecule has 4 nitrogen and oxygen atoms in total. The minimum absolute atomic E-state index is 0.00655. The number of rotatable bonds is 8. The van der Waals surface area contributed by atoms with Gasteiger partial charge in [0.2, 0.25) is 0 Å². The fraction of sp³-hybridized carbons (Fsp3) is 0.450. The van der Waals surface area contributed by atoms with Crippen molar-refractivity contribution in [2.75, 3.05) is 27.2 Å². The number of hydrogen-bond acceptors (Lipinski definition) is 3. The first-order valence-corrected chi connectivity index (χ1v) is 9.73. The number of aryl methyl sites for hydroxylation is 1. The predicted molar refractivity (Wildman–Crippen MR) is 106 cm³/mol. The third-order valence-corrected chi connectivity index (χ3v) is 5.30. The van der Waals surface area contributed by atoms with Crippen LogP contribution in [0.25, 0.3) is 0 Å². The van der Waals surface area contributed by atoms with Crippen LogP contribution in [0.15, 0.2) is 41.8 Å². The van der Waals surface area contributed by atoms with Crippen molar-refractivity contribution in [2.45, 2.75) is 32.9 Å². The molecule has 2 rings (SSSR count). The normalized spacial score (nSPS) is 12.2. The van der Waals surface area contributed by atoms with Crippen LogP contribution in [-0.2, 0) is 13.0 Å². The van der Waals surface area contributed by atoms with Gasteiger partial charge in [-0.25, -0.2) is 4.79 Å². The second-order valence-corrected chi connectivity index (χ2v) is 7.39. The van der Waals surface area contributed by atoms with E-state index < -0.39 is 0 Å². The summed E-state index contributed by atoms with van der Waals surface area (Å²) in [7, 11) is 4.10. The van der Waals surface area contributed by atoms with E-state index in [9.17, 15) is 4.79 Å². The Morgan fingerprint density at radius 3 is 2.40 bits per heavy atom. The molecule has 2 aromatic rings. The van der Waals surface area contributed by atoms with Crippen LogP contribution < -0.4 is 5.32 Å². The lowest BCUT2D eigenvalue weighted by Gasteiger charge is -2.27. The second-order valence-electron chi connectivity index (χ2n) is 6.35. The van der Waals surface area contributed by atoms with Crippen molar-refractivity contribution in [3.63, 3.8) is 0 Å². The van der Waals surface area contributed by atoms with Crippen LogP contribution in [0.2, 0.25) is 0 Å². The lowest BCUT2D eigenvalue weighted by atomic mass is 10.0. The third kappa shape index (κ3) is 5.58. The maximum absolute atomic E-state index is 12.6. The Morgan fingerprint density at radius 1 is 1.16 bits per heavy atom. The molecule has 0 saturated carbocycles. The molecular formula is C20H29N3OS. The van der Waals surface area contributed by atoms with Gasteiger partial charge >= 0.3 is 6.03 Å². The fourth-order valence-electron chi connectivity index (χ4n) is 2.79. The molecule has 1 aromatic carbocycles. The molecule has 25 heavy (non-hydrogen) atoms. The van der Waals surface area contributed by atoms with E-state index in [0.29, 0.717) is 19.6 Å². The summed E-state index contributed by atoms with van der Waals surface area (Å²) in [6.45, 7) is 6.13. The molecule has 1 N–H and O–H groups in total. The summed E-state index contributed by atoms with van der Waals surface area (Å²) in [6, 6.07) is 12.9. The van der Waals surface area contributed by atoms with Gasteiger partial charge in [0.1, 0.15) is 0 Å². The Bertz CT molecular complexity index is 637. The molecule has 5 heteroatoms. The van der Waals surface area contributed by atoms with Crippen LogP contribution in [0.3, 0.4) is 0 Å². The van der Waals surface area contributed by atoms with E-state index in [-0.39, 0.29) is 12.1 Å². The number of urea groups is 1. The first-order chi connectivity index (χ1) is 12.0. The second kappa shape index (κ2) is 9.59. The van der Waals surface area contributed by atoms with Gasteiger partial charge in [-0.15, -0.1) is 11.3 Å². The zero-order valence-corrected chi connectivity index (χ0v) is 16.5. The number of hydrogen-bond donors (Lipinski definition) is 1. The Hall–Kier alpha value is -1.85. The minimum atomic E-state index is -0.00655. The van der Waals surface area contributed by atoms with Crippen molar-refractivity contribution < 1.29 is 4.79 Å². The van der Waals surface area contributed by atoms with Crippen molar-refractivity contribution in [3.05, 3.63) is 57.8 Å². The largest absolute Gasteiger partial charge is 0.336 e. The number of amides is 2. The highest BCUT2D eigenvalue weighted by atomic mass is 32.1. The average Bonchev–Trinajstić information content (AvgIpc) is 3.13. The van der Waals surface area contributed by atoms with Crippen LogP contribution in [0.4, 0.5) is 4.79 Å². The molecule has 0 saturated heterocycles. The smallest absolute Gasteiger partial charge is 0.317 e. The lowest BCUT2D eigenvalue weighted by molar-refractivity contribution is 0.193. The fourth-order valence-corrected chi connectivity index (χ4v) is 3.51. The highest BCUT2D eigenvalue weighted by Crippen LogP contribution is 2.19. The summed E-state index contributed by atoms with van der Waals surface area (Å²) in [6.07, 6.45) is 1.04. The maximum Gasteiger partial charge on any atom is 0.317 e. The molecule has 2 amide bonds. The number of nitrogens with one attached hydrogen (secondary N) is 1. The van der Waals surface area contributed by atoms with E-state index in [2.05, 4.69) is 47.5 Å². The highest BCUT2D eigenvalue weighted by molar-refractivity contribution is 7.09. The first kappa shape index (κ1) is 19.5. The molecule has 0 radical (unpaired) electrons. The molecule has 1 heterocycles. The van der Waals surface area contributed by atoms with Crippen molar-refractivity contribution in [3.8, 4) is 0 Å². The Morgan fingerprint density at radius 2 is 1.88 bits per heavy atom. The van der Waals surface area contributed by atoms with Crippen molar-refractivity contribution in [1.29, 1.82) is 0 Å². The quantitative estimate of drug-likeness (QED) is 0.769. The van der Waals surface area contributed by atoms with Crippen molar-refractivity contribution in [1.82, 2.24) is 15.1 Å². The summed E-state index contributed by atoms with van der Waals surface area (Å²) >= 11 is 1.68. The van der Waals surface area contributed by atoms with Gasteiger partial charge < -0.3 is 15.1 Å². The zero-order valence-electron chi connectivity index (χ0n) is 15.7. The van der Waals surface area contributed by atoms with Crippen molar-refractivity contribution >= 4 is 17.4 Å². The standard InChI is InChI=1S/C20H29N3OS/c1-5-16-9-11-17(12-10-16)19(22(3)4)14-21-20(24)23(6-2)15-18-8-7-13-25-18/h7-13,19H,5-6,14-15H2,1-4H3,(H,21,24). The topological polar surface area (TPSA) is 35.6 Å². The van der Waals surface area contributed by atoms with E-state index >= 15 is 0 Å². The third-order valence-electron chi connectivity index (χ3n) is 4.44. The highest BCUT2D eigenvalue weighted by Gasteiger charge is 2.18. The van der Waals surface area contributed by atoms with E-state index in [0.717, 1.165) is 6.42 Å². The van der Waals surface area contributed by atoms with Crippen LogP contribution in [0.1, 0.15) is 35.9 Å². The van der Waals surface area contributed by atoms with E-state index in [1.165, 1.54) is 16.0 Å². The van der Waals surface area contributed by atoms with Crippen LogP contribution in [0.5, 0.6) is 0 Å². The molecule has 0 fully saturated rings. The van der Waals surface area contributed by atoms with Gasteiger partial charge in [0.25, 0.3) is 0 Å². The Labute approximate surface area is 155 Å². The van der Waals surface area contributed by atoms with Gasteiger partial charge in [-0.3, -0.25) is 0 Å². The van der Waals surface area contributed by atoms with Gasteiger partial charge in [-0.1, -0.05) is 37.3 Å². The van der Waals surface area contributed by atoms with Gasteiger partial charge in [0.05, 0.1) is 12.6 Å². The summed E-state index contributed by atoms with van der Waals surface area (Å²) in [5.74, 6) is 0. The van der Waals surface area contributed by atoms with Crippen LogP contribution >= 0.6 is 11.3 Å². The molecule has 1 atom stereocenters. The van der Waals surface area contributed by atoms with Gasteiger partial charge in [-0.05, 0) is 50.0 Å². The molecule has 0 aliphatic heterocycles. The number of likely N-dealkylation sites (N-methyl/N-ethyl adjacent to an activating group) is 1. The number of nitrogens with zero attached hydrogens (tertiary/aromatic N) is 2.